The number of nitrogens with zero attached hydrogens (tertiary/aromatic N) is 4. The fourth-order valence-electron chi connectivity index (χ4n) is 1.22. The molecule has 2 heterocycles. The quantitative estimate of drug-likeness (QED) is 0.809. The average molecular weight is 304 g/mol. The van der Waals surface area contributed by atoms with Crippen LogP contribution in [0.25, 0.3) is 0 Å². The minimum absolute atomic E-state index is 0.0466. The first-order valence-corrected chi connectivity index (χ1v) is 7.39. The summed E-state index contributed by atoms with van der Waals surface area (Å²) in [4.78, 5) is 16.0. The summed E-state index contributed by atoms with van der Waals surface area (Å²) in [7, 11) is 0. The zero-order valence-electron chi connectivity index (χ0n) is 12.3. The number of rotatable bonds is 3. The summed E-state index contributed by atoms with van der Waals surface area (Å²) >= 11 is 1.23. The number of hydrogen-bond acceptors (Lipinski definition) is 7. The predicted molar refractivity (Wildman–Crippen MR) is 79.3 cm³/mol. The maximum atomic E-state index is 11.8. The second-order valence-corrected chi connectivity index (χ2v) is 4.85. The van der Waals surface area contributed by atoms with Crippen molar-refractivity contribution in [2.45, 2.75) is 33.6 Å². The normalized spacial score (nSPS) is 9.52. The van der Waals surface area contributed by atoms with Gasteiger partial charge in [0.25, 0.3) is 0 Å². The number of esters is 1. The van der Waals surface area contributed by atoms with Gasteiger partial charge in [0.1, 0.15) is 6.07 Å². The van der Waals surface area contributed by atoms with Crippen LogP contribution in [-0.4, -0.2) is 21.2 Å². The molecule has 2 aromatic heterocycles. The maximum absolute atomic E-state index is 11.8. The molecule has 0 fully saturated rings. The monoisotopic (exact) mass is 304 g/mol. The summed E-state index contributed by atoms with van der Waals surface area (Å²) in [5.41, 5.74) is 1.01. The van der Waals surface area contributed by atoms with E-state index in [-0.39, 0.29) is 22.5 Å². The number of ether oxygens (including phenoxy) is 1. The van der Waals surface area contributed by atoms with Gasteiger partial charge in [-0.1, -0.05) is 27.7 Å². The molecule has 0 amide bonds. The average Bonchev–Trinajstić information content (AvgIpc) is 3.00. The Morgan fingerprint density at radius 2 is 2.05 bits per heavy atom. The van der Waals surface area contributed by atoms with E-state index >= 15 is 0 Å². The van der Waals surface area contributed by atoms with Gasteiger partial charge >= 0.3 is 5.97 Å². The Morgan fingerprint density at radius 1 is 1.33 bits per heavy atom. The molecule has 0 radical (unpaired) electrons. The van der Waals surface area contributed by atoms with Crippen LogP contribution in [0.4, 0.5) is 0 Å². The molecule has 21 heavy (non-hydrogen) atoms. The van der Waals surface area contributed by atoms with Crippen LogP contribution in [-0.2, 0) is 0 Å². The van der Waals surface area contributed by atoms with E-state index in [2.05, 4.69) is 15.2 Å². The van der Waals surface area contributed by atoms with Gasteiger partial charge in [-0.15, -0.1) is 21.5 Å². The Labute approximate surface area is 127 Å². The molecular formula is C14H16N4O2S. The van der Waals surface area contributed by atoms with Gasteiger partial charge in [0.2, 0.25) is 10.9 Å². The van der Waals surface area contributed by atoms with E-state index in [1.807, 2.05) is 39.1 Å². The van der Waals surface area contributed by atoms with E-state index in [9.17, 15) is 4.79 Å². The van der Waals surface area contributed by atoms with Crippen LogP contribution >= 0.6 is 11.3 Å². The number of hydrogen-bond donors (Lipinski definition) is 0. The lowest BCUT2D eigenvalue weighted by molar-refractivity contribution is 0.0725. The molecule has 0 atom stereocenters. The SMILES string of the molecule is CC.CC(C)c1csc(C(=O)Oc2ccc(C#N)nn2)n1. The van der Waals surface area contributed by atoms with E-state index < -0.39 is 5.97 Å². The topological polar surface area (TPSA) is 88.8 Å². The van der Waals surface area contributed by atoms with Crippen molar-refractivity contribution in [3.8, 4) is 11.9 Å². The van der Waals surface area contributed by atoms with Crippen molar-refractivity contribution < 1.29 is 9.53 Å². The maximum Gasteiger partial charge on any atom is 0.374 e. The van der Waals surface area contributed by atoms with Gasteiger partial charge < -0.3 is 4.74 Å². The molecular weight excluding hydrogens is 288 g/mol. The van der Waals surface area contributed by atoms with Gasteiger partial charge in [-0.05, 0) is 12.0 Å². The van der Waals surface area contributed by atoms with Gasteiger partial charge in [0, 0.05) is 11.4 Å². The summed E-state index contributed by atoms with van der Waals surface area (Å²) in [5, 5.41) is 17.9. The van der Waals surface area contributed by atoms with Crippen LogP contribution in [0.3, 0.4) is 0 Å². The molecule has 2 aromatic rings. The Hall–Kier alpha value is -2.33. The van der Waals surface area contributed by atoms with Crippen LogP contribution in [0.1, 0.15) is 54.8 Å². The molecule has 0 bridgehead atoms. The van der Waals surface area contributed by atoms with Crippen LogP contribution in [0.5, 0.6) is 5.88 Å². The molecule has 0 aliphatic heterocycles. The summed E-state index contributed by atoms with van der Waals surface area (Å²) in [6.07, 6.45) is 0. The number of thiazole rings is 1. The zero-order valence-corrected chi connectivity index (χ0v) is 13.1. The summed E-state index contributed by atoms with van der Waals surface area (Å²) in [6, 6.07) is 4.68. The standard InChI is InChI=1S/C12H10N4O2S.C2H6/c1-7(2)9-6-19-11(14-9)12(17)18-10-4-3-8(5-13)15-16-10;1-2/h3-4,6-7H,1-2H3;1-2H3. The molecule has 7 heteroatoms. The Bertz CT molecular complexity index is 629. The Kier molecular flexibility index (Phi) is 6.43. The third-order valence-corrected chi connectivity index (χ3v) is 3.08. The molecule has 0 unspecified atom stereocenters. The van der Waals surface area contributed by atoms with Crippen molar-refractivity contribution in [2.75, 3.05) is 0 Å². The molecule has 0 aliphatic rings. The highest BCUT2D eigenvalue weighted by Crippen LogP contribution is 2.19. The molecule has 2 rings (SSSR count). The fraction of sp³-hybridized carbons (Fsp3) is 0.357. The minimum atomic E-state index is -0.573. The summed E-state index contributed by atoms with van der Waals surface area (Å²) in [5.74, 6) is -0.270. The molecule has 0 aliphatic carbocycles. The fourth-order valence-corrected chi connectivity index (χ4v) is 2.07. The van der Waals surface area contributed by atoms with Crippen molar-refractivity contribution in [1.82, 2.24) is 15.2 Å². The van der Waals surface area contributed by atoms with Crippen LogP contribution in [0.2, 0.25) is 0 Å². The molecule has 0 N–H and O–H groups in total. The molecule has 0 aromatic carbocycles. The predicted octanol–water partition coefficient (Wildman–Crippen LogP) is 3.17. The first-order chi connectivity index (χ1) is 10.1. The summed E-state index contributed by atoms with van der Waals surface area (Å²) < 4.78 is 5.02. The van der Waals surface area contributed by atoms with E-state index in [0.29, 0.717) is 0 Å². The van der Waals surface area contributed by atoms with Crippen LogP contribution in [0.15, 0.2) is 17.5 Å². The van der Waals surface area contributed by atoms with Gasteiger partial charge in [0.05, 0.1) is 5.69 Å². The number of nitriles is 1. The second-order valence-electron chi connectivity index (χ2n) is 3.99. The largest absolute Gasteiger partial charge is 0.400 e. The van der Waals surface area contributed by atoms with Crippen LogP contribution in [0, 0.1) is 11.3 Å². The van der Waals surface area contributed by atoms with Gasteiger partial charge in [-0.3, -0.25) is 0 Å². The molecule has 0 spiro atoms. The zero-order chi connectivity index (χ0) is 15.8. The lowest BCUT2D eigenvalue weighted by atomic mass is 10.2. The third-order valence-electron chi connectivity index (χ3n) is 2.24. The van der Waals surface area contributed by atoms with Gasteiger partial charge in [-0.2, -0.15) is 5.26 Å². The summed E-state index contributed by atoms with van der Waals surface area (Å²) in [6.45, 7) is 7.99. The highest BCUT2D eigenvalue weighted by Gasteiger charge is 2.15. The Balaban J connectivity index is 0.00000106. The number of carbonyl (C=O) groups is 1. The number of carbonyl (C=O) groups excluding carboxylic acids is 1. The Morgan fingerprint density at radius 3 is 2.52 bits per heavy atom. The first kappa shape index (κ1) is 16.7. The highest BCUT2D eigenvalue weighted by molar-refractivity contribution is 7.11. The molecule has 6 nitrogen and oxygen atoms in total. The molecule has 0 saturated carbocycles. The smallest absolute Gasteiger partial charge is 0.374 e. The number of aromatic nitrogens is 3. The lowest BCUT2D eigenvalue weighted by Crippen LogP contribution is -2.10. The van der Waals surface area contributed by atoms with Crippen molar-refractivity contribution >= 4 is 17.3 Å². The second kappa shape index (κ2) is 8.07. The van der Waals surface area contributed by atoms with Crippen molar-refractivity contribution in [2.24, 2.45) is 0 Å². The van der Waals surface area contributed by atoms with Crippen LogP contribution < -0.4 is 4.74 Å². The van der Waals surface area contributed by atoms with Crippen molar-refractivity contribution in [1.29, 1.82) is 5.26 Å². The highest BCUT2D eigenvalue weighted by atomic mass is 32.1. The molecule has 110 valence electrons. The van der Waals surface area contributed by atoms with E-state index in [1.54, 1.807) is 0 Å². The van der Waals surface area contributed by atoms with Crippen molar-refractivity contribution in [3.05, 3.63) is 33.9 Å². The lowest BCUT2D eigenvalue weighted by Gasteiger charge is -2.00. The minimum Gasteiger partial charge on any atom is -0.400 e. The van der Waals surface area contributed by atoms with E-state index in [1.165, 1.54) is 23.5 Å². The van der Waals surface area contributed by atoms with Gasteiger partial charge in [0.15, 0.2) is 5.69 Å². The van der Waals surface area contributed by atoms with Crippen molar-refractivity contribution in [3.63, 3.8) is 0 Å². The first-order valence-electron chi connectivity index (χ1n) is 6.51. The van der Waals surface area contributed by atoms with E-state index in [4.69, 9.17) is 10.00 Å². The molecule has 0 saturated heterocycles. The third kappa shape index (κ3) is 4.61. The van der Waals surface area contributed by atoms with E-state index in [0.717, 1.165) is 5.69 Å². The van der Waals surface area contributed by atoms with Gasteiger partial charge in [-0.25, -0.2) is 9.78 Å².